The molecular weight excluding hydrogens is 244 g/mol. The molecule has 0 saturated heterocycles. The standard InChI is InChI=1S/C14H12N2O3/c1-18-11-5-2-9(3-6-11)15-14-16-12-8-10(17)4-7-13(12)19-14/h2-8,17H,1H3,(H,15,16). The molecule has 0 aliphatic rings. The van der Waals surface area contributed by atoms with Gasteiger partial charge in [0.05, 0.1) is 7.11 Å². The zero-order valence-electron chi connectivity index (χ0n) is 10.3. The highest BCUT2D eigenvalue weighted by Crippen LogP contribution is 2.25. The van der Waals surface area contributed by atoms with Crippen LogP contribution in [0, 0.1) is 0 Å². The van der Waals surface area contributed by atoms with E-state index in [-0.39, 0.29) is 5.75 Å². The van der Waals surface area contributed by atoms with Crippen molar-refractivity contribution in [3.63, 3.8) is 0 Å². The molecule has 0 bridgehead atoms. The average Bonchev–Trinajstić information content (AvgIpc) is 2.81. The Kier molecular flexibility index (Phi) is 2.72. The normalized spacial score (nSPS) is 10.6. The number of nitrogens with one attached hydrogen (secondary N) is 1. The molecule has 0 unspecified atom stereocenters. The third-order valence-electron chi connectivity index (χ3n) is 2.71. The Labute approximate surface area is 109 Å². The van der Waals surface area contributed by atoms with E-state index in [0.717, 1.165) is 11.4 Å². The van der Waals surface area contributed by atoms with Gasteiger partial charge in [-0.2, -0.15) is 4.98 Å². The number of hydrogen-bond acceptors (Lipinski definition) is 5. The smallest absolute Gasteiger partial charge is 0.300 e. The van der Waals surface area contributed by atoms with E-state index >= 15 is 0 Å². The van der Waals surface area contributed by atoms with Crippen molar-refractivity contribution in [1.82, 2.24) is 4.98 Å². The summed E-state index contributed by atoms with van der Waals surface area (Å²) in [7, 11) is 1.62. The summed E-state index contributed by atoms with van der Waals surface area (Å²) in [5.74, 6) is 0.949. The number of nitrogens with zero attached hydrogens (tertiary/aromatic N) is 1. The molecule has 2 aromatic carbocycles. The lowest BCUT2D eigenvalue weighted by Crippen LogP contribution is -1.90. The summed E-state index contributed by atoms with van der Waals surface area (Å²) >= 11 is 0. The van der Waals surface area contributed by atoms with Crippen molar-refractivity contribution in [3.05, 3.63) is 42.5 Å². The summed E-state index contributed by atoms with van der Waals surface area (Å²) in [4.78, 5) is 4.24. The lowest BCUT2D eigenvalue weighted by Gasteiger charge is -2.02. The highest BCUT2D eigenvalue weighted by molar-refractivity contribution is 5.76. The Morgan fingerprint density at radius 2 is 1.95 bits per heavy atom. The van der Waals surface area contributed by atoms with Crippen LogP contribution in [0.1, 0.15) is 0 Å². The van der Waals surface area contributed by atoms with Gasteiger partial charge in [-0.05, 0) is 36.4 Å². The van der Waals surface area contributed by atoms with Crippen LogP contribution >= 0.6 is 0 Å². The lowest BCUT2D eigenvalue weighted by molar-refractivity contribution is 0.415. The average molecular weight is 256 g/mol. The topological polar surface area (TPSA) is 67.5 Å². The molecule has 0 atom stereocenters. The van der Waals surface area contributed by atoms with Crippen LogP contribution in [0.5, 0.6) is 11.5 Å². The first-order chi connectivity index (χ1) is 9.24. The fourth-order valence-corrected chi connectivity index (χ4v) is 1.77. The molecule has 2 N–H and O–H groups in total. The van der Waals surface area contributed by atoms with Crippen LogP contribution in [0.15, 0.2) is 46.9 Å². The van der Waals surface area contributed by atoms with Gasteiger partial charge in [0, 0.05) is 11.8 Å². The maximum atomic E-state index is 9.37. The third-order valence-corrected chi connectivity index (χ3v) is 2.71. The Hall–Kier alpha value is -2.69. The van der Waals surface area contributed by atoms with E-state index in [9.17, 15) is 5.11 Å². The minimum atomic E-state index is 0.164. The molecule has 3 aromatic rings. The van der Waals surface area contributed by atoms with Crippen LogP contribution in [-0.4, -0.2) is 17.2 Å². The van der Waals surface area contributed by atoms with Crippen molar-refractivity contribution >= 4 is 22.8 Å². The number of fused-ring (bicyclic) bond motifs is 1. The second-order valence-electron chi connectivity index (χ2n) is 4.02. The van der Waals surface area contributed by atoms with Gasteiger partial charge in [0.15, 0.2) is 5.58 Å². The van der Waals surface area contributed by atoms with E-state index in [0.29, 0.717) is 17.1 Å². The number of phenolic OH excluding ortho intramolecular Hbond substituents is 1. The molecule has 1 heterocycles. The molecule has 0 fully saturated rings. The van der Waals surface area contributed by atoms with Crippen molar-refractivity contribution in [2.24, 2.45) is 0 Å². The van der Waals surface area contributed by atoms with Crippen molar-refractivity contribution in [2.75, 3.05) is 12.4 Å². The Morgan fingerprint density at radius 1 is 1.16 bits per heavy atom. The maximum absolute atomic E-state index is 9.37. The first kappa shape index (κ1) is 11.4. The SMILES string of the molecule is COc1ccc(Nc2nc3cc(O)ccc3o2)cc1. The number of oxazole rings is 1. The van der Waals surface area contributed by atoms with E-state index in [2.05, 4.69) is 10.3 Å². The molecule has 0 aliphatic carbocycles. The van der Waals surface area contributed by atoms with Gasteiger partial charge < -0.3 is 19.6 Å². The van der Waals surface area contributed by atoms with Crippen LogP contribution in [0.25, 0.3) is 11.1 Å². The predicted molar refractivity (Wildman–Crippen MR) is 72.0 cm³/mol. The van der Waals surface area contributed by atoms with Crippen molar-refractivity contribution in [1.29, 1.82) is 0 Å². The van der Waals surface area contributed by atoms with Crippen LogP contribution in [0.4, 0.5) is 11.7 Å². The maximum Gasteiger partial charge on any atom is 0.300 e. The van der Waals surface area contributed by atoms with E-state index in [1.807, 2.05) is 24.3 Å². The molecule has 5 heteroatoms. The molecule has 19 heavy (non-hydrogen) atoms. The van der Waals surface area contributed by atoms with Gasteiger partial charge in [0.1, 0.15) is 17.0 Å². The molecule has 0 aliphatic heterocycles. The quantitative estimate of drug-likeness (QED) is 0.752. The number of methoxy groups -OCH3 is 1. The Morgan fingerprint density at radius 3 is 2.68 bits per heavy atom. The van der Waals surface area contributed by atoms with Crippen molar-refractivity contribution in [2.45, 2.75) is 0 Å². The minimum Gasteiger partial charge on any atom is -0.508 e. The highest BCUT2D eigenvalue weighted by atomic mass is 16.5. The molecule has 0 amide bonds. The summed E-state index contributed by atoms with van der Waals surface area (Å²) in [6.07, 6.45) is 0. The summed E-state index contributed by atoms with van der Waals surface area (Å²) in [6.45, 7) is 0. The number of ether oxygens (including phenoxy) is 1. The highest BCUT2D eigenvalue weighted by Gasteiger charge is 2.06. The van der Waals surface area contributed by atoms with Gasteiger partial charge >= 0.3 is 0 Å². The molecular formula is C14H12N2O3. The van der Waals surface area contributed by atoms with Gasteiger partial charge in [0.2, 0.25) is 0 Å². The molecule has 5 nitrogen and oxygen atoms in total. The number of aromatic nitrogens is 1. The molecule has 3 rings (SSSR count). The van der Waals surface area contributed by atoms with Gasteiger partial charge in [-0.3, -0.25) is 0 Å². The van der Waals surface area contributed by atoms with Gasteiger partial charge in [-0.15, -0.1) is 0 Å². The fourth-order valence-electron chi connectivity index (χ4n) is 1.77. The zero-order valence-corrected chi connectivity index (χ0v) is 10.3. The minimum absolute atomic E-state index is 0.164. The zero-order chi connectivity index (χ0) is 13.2. The van der Waals surface area contributed by atoms with Gasteiger partial charge in [-0.1, -0.05) is 0 Å². The largest absolute Gasteiger partial charge is 0.508 e. The Bertz CT molecular complexity index is 704. The van der Waals surface area contributed by atoms with Crippen LogP contribution < -0.4 is 10.1 Å². The number of rotatable bonds is 3. The van der Waals surface area contributed by atoms with Crippen LogP contribution in [0.3, 0.4) is 0 Å². The van der Waals surface area contributed by atoms with Crippen molar-refractivity contribution in [3.8, 4) is 11.5 Å². The van der Waals surface area contributed by atoms with E-state index in [1.54, 1.807) is 25.3 Å². The number of hydrogen-bond donors (Lipinski definition) is 2. The summed E-state index contributed by atoms with van der Waals surface area (Å²) in [5, 5.41) is 12.4. The number of aromatic hydroxyl groups is 1. The van der Waals surface area contributed by atoms with Crippen LogP contribution in [0.2, 0.25) is 0 Å². The fraction of sp³-hybridized carbons (Fsp3) is 0.0714. The first-order valence-corrected chi connectivity index (χ1v) is 5.75. The Balaban J connectivity index is 1.87. The summed E-state index contributed by atoms with van der Waals surface area (Å²) in [5.41, 5.74) is 2.07. The molecule has 0 radical (unpaired) electrons. The number of phenols is 1. The third kappa shape index (κ3) is 2.30. The molecule has 0 spiro atoms. The lowest BCUT2D eigenvalue weighted by atomic mass is 10.3. The molecule has 1 aromatic heterocycles. The van der Waals surface area contributed by atoms with Gasteiger partial charge in [0.25, 0.3) is 6.01 Å². The van der Waals surface area contributed by atoms with E-state index in [1.165, 1.54) is 0 Å². The number of anilines is 2. The predicted octanol–water partition coefficient (Wildman–Crippen LogP) is 3.29. The second-order valence-corrected chi connectivity index (χ2v) is 4.02. The number of benzene rings is 2. The second kappa shape index (κ2) is 4.53. The van der Waals surface area contributed by atoms with E-state index < -0.39 is 0 Å². The molecule has 0 saturated carbocycles. The summed E-state index contributed by atoms with van der Waals surface area (Å²) in [6, 6.07) is 12.6. The van der Waals surface area contributed by atoms with E-state index in [4.69, 9.17) is 9.15 Å². The van der Waals surface area contributed by atoms with Crippen LogP contribution in [-0.2, 0) is 0 Å². The van der Waals surface area contributed by atoms with Gasteiger partial charge in [-0.25, -0.2) is 0 Å². The monoisotopic (exact) mass is 256 g/mol. The molecule has 96 valence electrons. The summed E-state index contributed by atoms with van der Waals surface area (Å²) < 4.78 is 10.6. The first-order valence-electron chi connectivity index (χ1n) is 5.75. The van der Waals surface area contributed by atoms with Crippen molar-refractivity contribution < 1.29 is 14.3 Å².